The maximum Gasteiger partial charge on any atom is 0.449 e. The standard InChI is InChI=1S/C20H29F3O/c1-2-3-4-5-6-7-8-9-10-11-12-13-14-15-16-17-18-19(24)20(21,22)23/h4-5,7-8,10-11,13-14H,2-3,6,9,12,15-18H2,1H3/b5-4-,8-7-,11-10-,14-13-. The van der Waals surface area contributed by atoms with Crippen LogP contribution in [0.4, 0.5) is 13.2 Å². The van der Waals surface area contributed by atoms with Crippen LogP contribution in [0.2, 0.25) is 0 Å². The minimum Gasteiger partial charge on any atom is -0.290 e. The normalized spacial score (nSPS) is 13.2. The van der Waals surface area contributed by atoms with Crippen LogP contribution in [0.1, 0.15) is 64.7 Å². The third-order valence-corrected chi connectivity index (χ3v) is 3.28. The molecule has 0 heterocycles. The van der Waals surface area contributed by atoms with E-state index in [2.05, 4.69) is 43.4 Å². The van der Waals surface area contributed by atoms with Gasteiger partial charge in [0.1, 0.15) is 0 Å². The first kappa shape index (κ1) is 22.4. The van der Waals surface area contributed by atoms with Crippen molar-refractivity contribution in [1.29, 1.82) is 0 Å². The van der Waals surface area contributed by atoms with Crippen molar-refractivity contribution in [2.75, 3.05) is 0 Å². The number of unbranched alkanes of at least 4 members (excludes halogenated alkanes) is 3. The molecule has 0 aromatic rings. The van der Waals surface area contributed by atoms with Crippen molar-refractivity contribution in [2.24, 2.45) is 0 Å². The first-order valence-corrected chi connectivity index (χ1v) is 8.68. The summed E-state index contributed by atoms with van der Waals surface area (Å²) >= 11 is 0. The van der Waals surface area contributed by atoms with E-state index in [1.165, 1.54) is 6.42 Å². The Morgan fingerprint density at radius 3 is 1.67 bits per heavy atom. The van der Waals surface area contributed by atoms with Crippen LogP contribution >= 0.6 is 0 Å². The van der Waals surface area contributed by atoms with Crippen molar-refractivity contribution in [2.45, 2.75) is 70.9 Å². The molecule has 4 heteroatoms. The Morgan fingerprint density at radius 1 is 0.750 bits per heavy atom. The highest BCUT2D eigenvalue weighted by atomic mass is 19.4. The van der Waals surface area contributed by atoms with E-state index < -0.39 is 18.4 Å². The number of ketones is 1. The van der Waals surface area contributed by atoms with E-state index in [-0.39, 0.29) is 6.42 Å². The average molecular weight is 342 g/mol. The molecule has 1 nitrogen and oxygen atoms in total. The maximum atomic E-state index is 12.0. The Hall–Kier alpha value is -1.58. The second-order valence-corrected chi connectivity index (χ2v) is 5.55. The van der Waals surface area contributed by atoms with Crippen LogP contribution < -0.4 is 0 Å². The number of hydrogen-bond donors (Lipinski definition) is 0. The molecule has 136 valence electrons. The average Bonchev–Trinajstić information content (AvgIpc) is 2.53. The van der Waals surface area contributed by atoms with Crippen LogP contribution in [0, 0.1) is 0 Å². The SMILES string of the molecule is CCC/C=C\C/C=C\C/C=C\C/C=C\CCCCC(=O)C(F)(F)F. The molecule has 0 aliphatic rings. The number of allylic oxidation sites excluding steroid dienone is 8. The summed E-state index contributed by atoms with van der Waals surface area (Å²) in [5.41, 5.74) is 0. The summed E-state index contributed by atoms with van der Waals surface area (Å²) in [4.78, 5) is 10.7. The topological polar surface area (TPSA) is 17.1 Å². The predicted molar refractivity (Wildman–Crippen MR) is 94.8 cm³/mol. The molecule has 0 bridgehead atoms. The van der Waals surface area contributed by atoms with Crippen molar-refractivity contribution >= 4 is 5.78 Å². The molecule has 0 rings (SSSR count). The van der Waals surface area contributed by atoms with Gasteiger partial charge in [0.25, 0.3) is 0 Å². The fourth-order valence-corrected chi connectivity index (χ4v) is 1.90. The second-order valence-electron chi connectivity index (χ2n) is 5.55. The fourth-order valence-electron chi connectivity index (χ4n) is 1.90. The number of alkyl halides is 3. The lowest BCUT2D eigenvalue weighted by atomic mass is 10.1. The quantitative estimate of drug-likeness (QED) is 0.263. The van der Waals surface area contributed by atoms with Crippen molar-refractivity contribution in [3.63, 3.8) is 0 Å². The molecule has 0 atom stereocenters. The van der Waals surface area contributed by atoms with E-state index >= 15 is 0 Å². The monoisotopic (exact) mass is 342 g/mol. The van der Waals surface area contributed by atoms with Crippen LogP contribution in [-0.4, -0.2) is 12.0 Å². The van der Waals surface area contributed by atoms with Crippen molar-refractivity contribution in [1.82, 2.24) is 0 Å². The Labute approximate surface area is 144 Å². The molecule has 0 aliphatic heterocycles. The summed E-state index contributed by atoms with van der Waals surface area (Å²) in [6.45, 7) is 2.16. The smallest absolute Gasteiger partial charge is 0.290 e. The number of hydrogen-bond acceptors (Lipinski definition) is 1. The van der Waals surface area contributed by atoms with E-state index in [9.17, 15) is 18.0 Å². The maximum absolute atomic E-state index is 12.0. The summed E-state index contributed by atoms with van der Waals surface area (Å²) in [6, 6.07) is 0. The number of rotatable bonds is 13. The minimum absolute atomic E-state index is 0.288. The van der Waals surface area contributed by atoms with Gasteiger partial charge < -0.3 is 0 Å². The van der Waals surface area contributed by atoms with Crippen LogP contribution in [0.25, 0.3) is 0 Å². The van der Waals surface area contributed by atoms with E-state index in [1.807, 2.05) is 12.2 Å². The van der Waals surface area contributed by atoms with Gasteiger partial charge in [0.15, 0.2) is 0 Å². The number of halogens is 3. The van der Waals surface area contributed by atoms with Gasteiger partial charge in [-0.1, -0.05) is 62.0 Å². The Bertz CT molecular complexity index is 429. The zero-order valence-corrected chi connectivity index (χ0v) is 14.5. The summed E-state index contributed by atoms with van der Waals surface area (Å²) in [7, 11) is 0. The lowest BCUT2D eigenvalue weighted by Gasteiger charge is -2.03. The van der Waals surface area contributed by atoms with Crippen LogP contribution in [-0.2, 0) is 4.79 Å². The molecule has 0 aromatic heterocycles. The summed E-state index contributed by atoms with van der Waals surface area (Å²) in [6.07, 6.45) is 18.3. The van der Waals surface area contributed by atoms with E-state index in [0.717, 1.165) is 25.7 Å². The molecule has 24 heavy (non-hydrogen) atoms. The molecule has 0 aliphatic carbocycles. The molecule has 0 fully saturated rings. The van der Waals surface area contributed by atoms with Gasteiger partial charge in [-0.15, -0.1) is 0 Å². The van der Waals surface area contributed by atoms with Gasteiger partial charge in [0.2, 0.25) is 5.78 Å². The second kappa shape index (κ2) is 15.0. The third kappa shape index (κ3) is 15.3. The minimum atomic E-state index is -4.68. The first-order chi connectivity index (χ1) is 11.5. The van der Waals surface area contributed by atoms with Gasteiger partial charge in [-0.25, -0.2) is 0 Å². The number of carbonyl (C=O) groups excluding carboxylic acids is 1. The highest BCUT2D eigenvalue weighted by Gasteiger charge is 2.36. The van der Waals surface area contributed by atoms with Gasteiger partial charge >= 0.3 is 6.18 Å². The fraction of sp³-hybridized carbons (Fsp3) is 0.550. The lowest BCUT2D eigenvalue weighted by Crippen LogP contribution is -2.22. The van der Waals surface area contributed by atoms with Gasteiger partial charge in [-0.2, -0.15) is 13.2 Å². The van der Waals surface area contributed by atoms with Crippen molar-refractivity contribution in [3.05, 3.63) is 48.6 Å². The molecule has 0 N–H and O–H groups in total. The molecule has 0 saturated carbocycles. The lowest BCUT2D eigenvalue weighted by molar-refractivity contribution is -0.171. The highest BCUT2D eigenvalue weighted by molar-refractivity contribution is 5.83. The van der Waals surface area contributed by atoms with Gasteiger partial charge in [0.05, 0.1) is 0 Å². The largest absolute Gasteiger partial charge is 0.449 e. The third-order valence-electron chi connectivity index (χ3n) is 3.28. The first-order valence-electron chi connectivity index (χ1n) is 8.68. The van der Waals surface area contributed by atoms with E-state index in [1.54, 1.807) is 0 Å². The van der Waals surface area contributed by atoms with Gasteiger partial charge in [-0.3, -0.25) is 4.79 Å². The number of carbonyl (C=O) groups is 1. The van der Waals surface area contributed by atoms with Gasteiger partial charge in [0, 0.05) is 6.42 Å². The van der Waals surface area contributed by atoms with E-state index in [0.29, 0.717) is 12.8 Å². The molecule has 0 unspecified atom stereocenters. The summed E-state index contributed by atoms with van der Waals surface area (Å²) in [5, 5.41) is 0. The summed E-state index contributed by atoms with van der Waals surface area (Å²) < 4.78 is 35.9. The summed E-state index contributed by atoms with van der Waals surface area (Å²) in [5.74, 6) is -1.62. The molecular formula is C20H29F3O. The van der Waals surface area contributed by atoms with Gasteiger partial charge in [-0.05, 0) is 44.9 Å². The predicted octanol–water partition coefficient (Wildman–Crippen LogP) is 6.87. The molecule has 0 saturated heterocycles. The van der Waals surface area contributed by atoms with Crippen molar-refractivity contribution < 1.29 is 18.0 Å². The van der Waals surface area contributed by atoms with Crippen molar-refractivity contribution in [3.8, 4) is 0 Å². The van der Waals surface area contributed by atoms with Crippen LogP contribution in [0.3, 0.4) is 0 Å². The Kier molecular flexibility index (Phi) is 14.0. The molecular weight excluding hydrogens is 313 g/mol. The van der Waals surface area contributed by atoms with Crippen LogP contribution in [0.15, 0.2) is 48.6 Å². The highest BCUT2D eigenvalue weighted by Crippen LogP contribution is 2.19. The zero-order chi connectivity index (χ0) is 18.1. The Morgan fingerprint density at radius 2 is 1.21 bits per heavy atom. The zero-order valence-electron chi connectivity index (χ0n) is 14.5. The van der Waals surface area contributed by atoms with E-state index in [4.69, 9.17) is 0 Å². The van der Waals surface area contributed by atoms with Crippen LogP contribution in [0.5, 0.6) is 0 Å². The Balaban J connectivity index is 3.52. The number of Topliss-reactive ketones (excluding diaryl/α,β-unsaturated/α-hetero) is 1. The molecule has 0 radical (unpaired) electrons. The molecule has 0 amide bonds. The molecule has 0 aromatic carbocycles. The molecule has 0 spiro atoms.